The number of aromatic nitrogens is 4. The van der Waals surface area contributed by atoms with Gasteiger partial charge in [-0.1, -0.05) is 12.1 Å². The zero-order valence-electron chi connectivity index (χ0n) is 39.7. The number of hydrogen-bond acceptors (Lipinski definition) is 9. The van der Waals surface area contributed by atoms with Crippen LogP contribution in [0, 0.1) is 0 Å². The van der Waals surface area contributed by atoms with Gasteiger partial charge in [-0.2, -0.15) is 0 Å². The lowest BCUT2D eigenvalue weighted by atomic mass is 10.1. The number of rotatable bonds is 14. The Labute approximate surface area is 427 Å². The van der Waals surface area contributed by atoms with E-state index < -0.39 is 81.3 Å². The summed E-state index contributed by atoms with van der Waals surface area (Å²) in [6.45, 7) is 0. The number of hydrogen-bond donors (Lipinski definition) is 14. The average Bonchev–Trinajstić information content (AvgIpc) is 4.08. The number of nitrogens with one attached hydrogen (secondary N) is 6. The molecule has 8 rings (SSSR count). The van der Waals surface area contributed by atoms with E-state index in [1.165, 1.54) is 106 Å². The number of fused-ring (bicyclic) bond motifs is 2. The Morgan fingerprint density at radius 2 is 0.737 bits per heavy atom. The molecule has 4 heterocycles. The minimum atomic E-state index is -4.95. The lowest BCUT2D eigenvalue weighted by Crippen LogP contribution is -2.19. The zero-order valence-corrected chi connectivity index (χ0v) is 43.3. The van der Waals surface area contributed by atoms with Crippen LogP contribution in [0.5, 0.6) is 0 Å². The van der Waals surface area contributed by atoms with Gasteiger partial charge in [-0.3, -0.25) is 37.4 Å². The van der Waals surface area contributed by atoms with Crippen LogP contribution >= 0.6 is 30.4 Å². The number of carbonyl (C=O) groups excluding carboxylic acids is 5. The van der Waals surface area contributed by atoms with Crippen LogP contribution in [-0.2, 0) is 46.5 Å². The van der Waals surface area contributed by atoms with E-state index in [0.717, 1.165) is 36.4 Å². The fourth-order valence-electron chi connectivity index (χ4n) is 8.22. The monoisotopic (exact) mass is 1120 g/mol. The van der Waals surface area contributed by atoms with Crippen molar-refractivity contribution in [2.75, 3.05) is 31.9 Å². The fourth-order valence-corrected chi connectivity index (χ4v) is 10.9. The van der Waals surface area contributed by atoms with Gasteiger partial charge in [-0.15, -0.1) is 0 Å². The molecule has 0 atom stereocenters. The molecular formula is C45H44N10O17P4. The third-order valence-corrected chi connectivity index (χ3v) is 15.6. The predicted octanol–water partition coefficient (Wildman–Crippen LogP) is 3.21. The van der Waals surface area contributed by atoms with E-state index in [-0.39, 0.29) is 78.2 Å². The van der Waals surface area contributed by atoms with Crippen molar-refractivity contribution in [1.82, 2.24) is 18.3 Å². The average molecular weight is 1120 g/mol. The third kappa shape index (κ3) is 11.6. The molecule has 31 heteroatoms. The van der Waals surface area contributed by atoms with Gasteiger partial charge < -0.3 is 89.3 Å². The first-order valence-corrected chi connectivity index (χ1v) is 28.2. The van der Waals surface area contributed by atoms with Gasteiger partial charge in [0.25, 0.3) is 23.6 Å². The van der Waals surface area contributed by atoms with Crippen molar-refractivity contribution in [3.8, 4) is 0 Å². The van der Waals surface area contributed by atoms with E-state index in [1.54, 1.807) is 14.1 Å². The van der Waals surface area contributed by atoms with Crippen molar-refractivity contribution in [2.45, 2.75) is 0 Å². The number of amides is 6. The maximum absolute atomic E-state index is 13.7. The minimum absolute atomic E-state index is 0.0287. The van der Waals surface area contributed by atoms with Crippen LogP contribution in [0.1, 0.15) is 41.7 Å². The van der Waals surface area contributed by atoms with E-state index in [4.69, 9.17) is 0 Å². The molecule has 0 saturated carbocycles. The molecule has 76 heavy (non-hydrogen) atoms. The van der Waals surface area contributed by atoms with Crippen LogP contribution in [-0.4, -0.2) is 87.1 Å². The summed E-state index contributed by atoms with van der Waals surface area (Å²) < 4.78 is 54.2. The maximum Gasteiger partial charge on any atom is 0.356 e. The van der Waals surface area contributed by atoms with Gasteiger partial charge in [-0.05, 0) is 60.7 Å². The minimum Gasteiger partial charge on any atom is -0.354 e. The Balaban J connectivity index is 0.920. The molecule has 0 saturated heterocycles. The summed E-state index contributed by atoms with van der Waals surface area (Å²) in [4.78, 5) is 147. The van der Waals surface area contributed by atoms with E-state index in [9.17, 15) is 81.4 Å². The second-order valence-corrected chi connectivity index (χ2v) is 23.6. The Morgan fingerprint density at radius 1 is 0.382 bits per heavy atom. The van der Waals surface area contributed by atoms with Gasteiger partial charge in [0, 0.05) is 98.3 Å². The number of nitrogens with zero attached hydrogens (tertiary/aromatic N) is 4. The molecule has 0 fully saturated rings. The van der Waals surface area contributed by atoms with Crippen LogP contribution in [0.2, 0.25) is 0 Å². The topological polar surface area (TPSA) is 407 Å². The van der Waals surface area contributed by atoms with Crippen molar-refractivity contribution >= 4 is 137 Å². The van der Waals surface area contributed by atoms with Crippen molar-refractivity contribution in [1.29, 1.82) is 0 Å². The molecule has 0 spiro atoms. The summed E-state index contributed by atoms with van der Waals surface area (Å²) in [5, 5.41) is 13.4. The molecule has 4 aromatic carbocycles. The highest BCUT2D eigenvalue weighted by Crippen LogP contribution is 2.42. The van der Waals surface area contributed by atoms with E-state index >= 15 is 0 Å². The Bertz CT molecular complexity index is 3720. The Hall–Kier alpha value is -7.73. The standard InChI is InChI=1S/C45H44N10O17P4/c1-52-19-31(41(56)48-33-9-11-39(75(67,68)69)29-15-25(73(61,62)63)5-7-27(29)33)35(21-52)50-43(58)37-13-23(17-54(37)3)46-45(60)47-24-14-38(55(4)18-24)44(59)51-36-22-53(2)20-32(36)42(57)49-34-10-12-40(76(70,71)72)30-16-26(74(64,65)66)6-8-28(30)34/h5-22H,1-4H3,(H,48,56)(H,49,57)(H,50,58)(H,51,59)(H2,46,47,60)(H2,61,62,63)(H2,64,65,66)(H2,67,68,69)(H2,70,71,72). The van der Waals surface area contributed by atoms with Crippen molar-refractivity contribution in [3.05, 3.63) is 132 Å². The molecule has 14 N–H and O–H groups in total. The molecule has 0 aliphatic carbocycles. The lowest BCUT2D eigenvalue weighted by Gasteiger charge is -2.15. The van der Waals surface area contributed by atoms with Crippen LogP contribution in [0.3, 0.4) is 0 Å². The first kappa shape index (κ1) is 54.5. The molecule has 4 aromatic heterocycles. The highest BCUT2D eigenvalue weighted by atomic mass is 31.2. The summed E-state index contributed by atoms with van der Waals surface area (Å²) >= 11 is 0. The molecule has 0 aliphatic rings. The Kier molecular flexibility index (Phi) is 14.4. The quantitative estimate of drug-likeness (QED) is 0.0695. The second kappa shape index (κ2) is 20.1. The van der Waals surface area contributed by atoms with Crippen LogP contribution < -0.4 is 53.1 Å². The molecule has 0 unspecified atom stereocenters. The van der Waals surface area contributed by atoms with Gasteiger partial charge in [0.1, 0.15) is 11.4 Å². The summed E-state index contributed by atoms with van der Waals surface area (Å²) in [6, 6.07) is 12.8. The molecule has 0 radical (unpaired) electrons. The zero-order chi connectivity index (χ0) is 55.6. The Morgan fingerprint density at radius 3 is 1.08 bits per heavy atom. The summed E-state index contributed by atoms with van der Waals surface area (Å²) in [7, 11) is -13.4. The van der Waals surface area contributed by atoms with Gasteiger partial charge in [0.2, 0.25) is 0 Å². The predicted molar refractivity (Wildman–Crippen MR) is 281 cm³/mol. The van der Waals surface area contributed by atoms with Gasteiger partial charge >= 0.3 is 36.4 Å². The molecule has 6 amide bonds. The largest absolute Gasteiger partial charge is 0.356 e. The molecule has 8 aromatic rings. The molecular weight excluding hydrogens is 1080 g/mol. The van der Waals surface area contributed by atoms with Crippen molar-refractivity contribution in [3.63, 3.8) is 0 Å². The highest BCUT2D eigenvalue weighted by Gasteiger charge is 2.29. The van der Waals surface area contributed by atoms with Crippen LogP contribution in [0.15, 0.2) is 110 Å². The highest BCUT2D eigenvalue weighted by molar-refractivity contribution is 7.62. The first-order chi connectivity index (χ1) is 35.3. The van der Waals surface area contributed by atoms with Crippen molar-refractivity contribution in [2.24, 2.45) is 28.2 Å². The number of benzene rings is 4. The summed E-state index contributed by atoms with van der Waals surface area (Å²) in [5.74, 6) is -2.96. The van der Waals surface area contributed by atoms with Gasteiger partial charge in [-0.25, -0.2) is 4.79 Å². The SMILES string of the molecule is Cn1cc(NC(=O)c2cc(NC(=O)Nc3cc(C(=O)Nc4cn(C)cc4C(=O)Nc4ccc(P(=O)(O)O)c5cc(P(=O)(O)O)ccc45)n(C)c3)cn2C)c(C(=O)Nc2ccc(P(=O)(O)O)c3cc(P(=O)(O)O)ccc23)c1. The fraction of sp³-hybridized carbons (Fsp3) is 0.0889. The maximum atomic E-state index is 13.7. The number of aryl methyl sites for hydroxylation is 4. The first-order valence-electron chi connectivity index (χ1n) is 21.7. The molecule has 0 bridgehead atoms. The van der Waals surface area contributed by atoms with E-state index in [2.05, 4.69) is 31.9 Å². The molecule has 0 aliphatic heterocycles. The van der Waals surface area contributed by atoms with Crippen LogP contribution in [0.4, 0.5) is 38.9 Å². The smallest absolute Gasteiger partial charge is 0.354 e. The second-order valence-electron chi connectivity index (χ2n) is 17.2. The summed E-state index contributed by atoms with van der Waals surface area (Å²) in [6.07, 6.45) is 8.52. The number of anilines is 6. The van der Waals surface area contributed by atoms with E-state index in [0.29, 0.717) is 0 Å². The normalized spacial score (nSPS) is 12.2. The molecule has 27 nitrogen and oxygen atoms in total. The van der Waals surface area contributed by atoms with Gasteiger partial charge in [0.15, 0.2) is 0 Å². The van der Waals surface area contributed by atoms with Crippen LogP contribution in [0.25, 0.3) is 21.5 Å². The third-order valence-electron chi connectivity index (χ3n) is 11.6. The number of urea groups is 1. The van der Waals surface area contributed by atoms with Crippen molar-refractivity contribution < 1.29 is 81.4 Å². The number of carbonyl (C=O) groups is 5. The summed E-state index contributed by atoms with van der Waals surface area (Å²) in [5.41, 5.74) is 0.426. The lowest BCUT2D eigenvalue weighted by molar-refractivity contribution is 0.100. The molecule has 396 valence electrons. The van der Waals surface area contributed by atoms with E-state index in [1.807, 2.05) is 0 Å². The van der Waals surface area contributed by atoms with Gasteiger partial charge in [0.05, 0.1) is 55.1 Å².